The summed E-state index contributed by atoms with van der Waals surface area (Å²) in [7, 11) is 0. The number of esters is 1. The first kappa shape index (κ1) is 18.4. The van der Waals surface area contributed by atoms with Gasteiger partial charge in [0.25, 0.3) is 5.56 Å². The second kappa shape index (κ2) is 7.89. The minimum Gasteiger partial charge on any atom is -0.420 e. The van der Waals surface area contributed by atoms with Crippen molar-refractivity contribution in [1.82, 2.24) is 9.78 Å². The summed E-state index contributed by atoms with van der Waals surface area (Å²) in [5.41, 5.74) is -0.168. The number of rotatable bonds is 5. The summed E-state index contributed by atoms with van der Waals surface area (Å²) in [6.45, 7) is 2.45. The van der Waals surface area contributed by atoms with Gasteiger partial charge < -0.3 is 4.74 Å². The van der Waals surface area contributed by atoms with E-state index in [9.17, 15) is 9.59 Å². The molecule has 0 atom stereocenters. The van der Waals surface area contributed by atoms with Crippen LogP contribution in [0.4, 0.5) is 0 Å². The van der Waals surface area contributed by atoms with E-state index in [-0.39, 0.29) is 22.0 Å². The fourth-order valence-electron chi connectivity index (χ4n) is 2.55. The lowest BCUT2D eigenvalue weighted by Gasteiger charge is -2.11. The first-order valence-electron chi connectivity index (χ1n) is 8.18. The van der Waals surface area contributed by atoms with Crippen LogP contribution in [0.15, 0.2) is 47.3 Å². The Labute approximate surface area is 160 Å². The molecule has 0 saturated carbocycles. The average molecular weight is 391 g/mol. The lowest BCUT2D eigenvalue weighted by molar-refractivity contribution is 0.0728. The highest BCUT2D eigenvalue weighted by Crippen LogP contribution is 2.28. The molecule has 134 valence electrons. The van der Waals surface area contributed by atoms with Crippen LogP contribution in [0.5, 0.6) is 5.75 Å². The third-order valence-corrected chi connectivity index (χ3v) is 4.43. The Hall–Kier alpha value is -2.37. The van der Waals surface area contributed by atoms with Gasteiger partial charge in [-0.3, -0.25) is 4.79 Å². The fraction of sp³-hybridized carbons (Fsp3) is 0.211. The van der Waals surface area contributed by atoms with Crippen LogP contribution >= 0.6 is 23.2 Å². The van der Waals surface area contributed by atoms with Crippen LogP contribution in [0.25, 0.3) is 10.8 Å². The van der Waals surface area contributed by atoms with E-state index in [4.69, 9.17) is 27.9 Å². The highest BCUT2D eigenvalue weighted by molar-refractivity contribution is 6.34. The van der Waals surface area contributed by atoms with Crippen LogP contribution in [0, 0.1) is 0 Å². The summed E-state index contributed by atoms with van der Waals surface area (Å²) in [5, 5.41) is 5.74. The van der Waals surface area contributed by atoms with Crippen LogP contribution in [-0.4, -0.2) is 15.7 Å². The summed E-state index contributed by atoms with van der Waals surface area (Å²) in [5.74, 6) is -0.558. The molecule has 0 fully saturated rings. The molecular weight excluding hydrogens is 375 g/mol. The second-order valence-corrected chi connectivity index (χ2v) is 6.58. The maximum atomic E-state index is 12.7. The van der Waals surface area contributed by atoms with Gasteiger partial charge >= 0.3 is 5.97 Å². The first-order chi connectivity index (χ1) is 12.5. The Morgan fingerprint density at radius 3 is 2.62 bits per heavy atom. The predicted molar refractivity (Wildman–Crippen MR) is 102 cm³/mol. The van der Waals surface area contributed by atoms with E-state index in [1.807, 2.05) is 6.92 Å². The number of nitrogens with zero attached hydrogens (tertiary/aromatic N) is 2. The highest BCUT2D eigenvalue weighted by Gasteiger charge is 2.19. The van der Waals surface area contributed by atoms with Gasteiger partial charge in [-0.25, -0.2) is 9.48 Å². The molecule has 0 radical (unpaired) electrons. The molecule has 3 aromatic rings. The average Bonchev–Trinajstić information content (AvgIpc) is 2.64. The van der Waals surface area contributed by atoms with Gasteiger partial charge in [0, 0.05) is 23.0 Å². The van der Waals surface area contributed by atoms with Gasteiger partial charge in [0.05, 0.1) is 10.4 Å². The van der Waals surface area contributed by atoms with Gasteiger partial charge in [-0.1, -0.05) is 54.7 Å². The molecule has 0 unspecified atom stereocenters. The lowest BCUT2D eigenvalue weighted by atomic mass is 10.1. The number of halogens is 2. The quantitative estimate of drug-likeness (QED) is 0.466. The number of carbonyl (C=O) groups excluding carboxylic acids is 1. The van der Waals surface area contributed by atoms with Gasteiger partial charge in [-0.05, 0) is 24.6 Å². The molecular formula is C19H16Cl2N2O3. The molecule has 7 heteroatoms. The van der Waals surface area contributed by atoms with Gasteiger partial charge in [0.15, 0.2) is 11.4 Å². The fourth-order valence-corrected chi connectivity index (χ4v) is 2.87. The number of hydrogen-bond donors (Lipinski definition) is 0. The summed E-state index contributed by atoms with van der Waals surface area (Å²) < 4.78 is 6.69. The van der Waals surface area contributed by atoms with E-state index in [2.05, 4.69) is 5.10 Å². The highest BCUT2D eigenvalue weighted by atomic mass is 35.5. The molecule has 1 aromatic heterocycles. The van der Waals surface area contributed by atoms with Gasteiger partial charge in [0.2, 0.25) is 0 Å². The number of hydrogen-bond acceptors (Lipinski definition) is 4. The number of aromatic nitrogens is 2. The Balaban J connectivity index is 2.08. The Morgan fingerprint density at radius 2 is 1.88 bits per heavy atom. The number of unbranched alkanes of at least 4 members (excludes halogenated alkanes) is 1. The van der Waals surface area contributed by atoms with Crippen molar-refractivity contribution < 1.29 is 9.53 Å². The Morgan fingerprint density at radius 1 is 1.15 bits per heavy atom. The molecule has 0 bridgehead atoms. The maximum absolute atomic E-state index is 12.7. The molecule has 0 aliphatic heterocycles. The molecule has 0 saturated heterocycles. The van der Waals surface area contributed by atoms with Gasteiger partial charge in [0.1, 0.15) is 0 Å². The standard InChI is InChI=1S/C19H16Cl2N2O3/c1-2-3-10-23-18(24)14-7-5-4-6-13(14)17(22-23)19(25)26-16-11-12(20)8-9-15(16)21/h4-9,11H,2-3,10H2,1H3. The monoisotopic (exact) mass is 390 g/mol. The normalized spacial score (nSPS) is 10.9. The largest absolute Gasteiger partial charge is 0.420 e. The summed E-state index contributed by atoms with van der Waals surface area (Å²) in [6.07, 6.45) is 1.68. The zero-order chi connectivity index (χ0) is 18.7. The van der Waals surface area contributed by atoms with E-state index < -0.39 is 5.97 Å². The van der Waals surface area contributed by atoms with Crippen molar-refractivity contribution in [3.63, 3.8) is 0 Å². The Bertz CT molecular complexity index is 1030. The van der Waals surface area contributed by atoms with Crippen LogP contribution in [-0.2, 0) is 6.54 Å². The van der Waals surface area contributed by atoms with Crippen LogP contribution in [0.3, 0.4) is 0 Å². The van der Waals surface area contributed by atoms with Crippen molar-refractivity contribution in [2.24, 2.45) is 0 Å². The molecule has 0 aliphatic carbocycles. The topological polar surface area (TPSA) is 61.2 Å². The van der Waals surface area contributed by atoms with Crippen LogP contribution in [0.1, 0.15) is 30.3 Å². The molecule has 0 N–H and O–H groups in total. The van der Waals surface area contributed by atoms with Crippen molar-refractivity contribution in [2.75, 3.05) is 0 Å². The molecule has 1 heterocycles. The number of ether oxygens (including phenoxy) is 1. The van der Waals surface area contributed by atoms with Crippen molar-refractivity contribution in [3.8, 4) is 5.75 Å². The van der Waals surface area contributed by atoms with Gasteiger partial charge in [-0.2, -0.15) is 5.10 Å². The van der Waals surface area contributed by atoms with Crippen LogP contribution < -0.4 is 10.3 Å². The molecule has 0 spiro atoms. The van der Waals surface area contributed by atoms with E-state index in [1.54, 1.807) is 36.4 Å². The SMILES string of the molecule is CCCCn1nc(C(=O)Oc2cc(Cl)ccc2Cl)c2ccccc2c1=O. The first-order valence-corrected chi connectivity index (χ1v) is 8.94. The lowest BCUT2D eigenvalue weighted by Crippen LogP contribution is -2.27. The number of aryl methyl sites for hydroxylation is 1. The molecule has 2 aromatic carbocycles. The number of carbonyl (C=O) groups is 1. The Kier molecular flexibility index (Phi) is 5.59. The zero-order valence-electron chi connectivity index (χ0n) is 14.0. The van der Waals surface area contributed by atoms with Gasteiger partial charge in [-0.15, -0.1) is 0 Å². The van der Waals surface area contributed by atoms with Crippen LogP contribution in [0.2, 0.25) is 10.0 Å². The van der Waals surface area contributed by atoms with E-state index in [1.165, 1.54) is 10.7 Å². The molecule has 0 aliphatic rings. The smallest absolute Gasteiger partial charge is 0.364 e. The molecule has 3 rings (SSSR count). The third-order valence-electron chi connectivity index (χ3n) is 3.88. The van der Waals surface area contributed by atoms with E-state index in [0.717, 1.165) is 12.8 Å². The molecule has 5 nitrogen and oxygen atoms in total. The number of fused-ring (bicyclic) bond motifs is 1. The van der Waals surface area contributed by atoms with Crippen molar-refractivity contribution in [1.29, 1.82) is 0 Å². The minimum absolute atomic E-state index is 0.0624. The maximum Gasteiger partial charge on any atom is 0.364 e. The third kappa shape index (κ3) is 3.74. The predicted octanol–water partition coefficient (Wildman–Crippen LogP) is 4.72. The minimum atomic E-state index is -0.699. The summed E-state index contributed by atoms with van der Waals surface area (Å²) in [4.78, 5) is 25.3. The second-order valence-electron chi connectivity index (χ2n) is 5.74. The van der Waals surface area contributed by atoms with Crippen molar-refractivity contribution in [2.45, 2.75) is 26.3 Å². The zero-order valence-corrected chi connectivity index (χ0v) is 15.5. The van der Waals surface area contributed by atoms with E-state index >= 15 is 0 Å². The van der Waals surface area contributed by atoms with E-state index in [0.29, 0.717) is 22.3 Å². The summed E-state index contributed by atoms with van der Waals surface area (Å²) in [6, 6.07) is 11.4. The molecule has 26 heavy (non-hydrogen) atoms. The van der Waals surface area contributed by atoms with Crippen molar-refractivity contribution >= 4 is 39.9 Å². The number of benzene rings is 2. The van der Waals surface area contributed by atoms with Crippen molar-refractivity contribution in [3.05, 3.63) is 68.6 Å². The summed E-state index contributed by atoms with van der Waals surface area (Å²) >= 11 is 12.0. The molecule has 0 amide bonds.